The number of rotatable bonds is 2. The Hall–Kier alpha value is -1.67. The largest absolute Gasteiger partial charge is 0.505 e. The molecule has 2 rings (SSSR count). The average molecular weight is 221 g/mol. The van der Waals surface area contributed by atoms with Crippen molar-refractivity contribution < 1.29 is 14.3 Å². The van der Waals surface area contributed by atoms with Crippen molar-refractivity contribution in [2.24, 2.45) is 4.99 Å². The summed E-state index contributed by atoms with van der Waals surface area (Å²) in [6, 6.07) is 2.94. The molecule has 0 unspecified atom stereocenters. The lowest BCUT2D eigenvalue weighted by molar-refractivity contribution is 0.245. The van der Waals surface area contributed by atoms with Crippen molar-refractivity contribution in [2.75, 3.05) is 0 Å². The van der Waals surface area contributed by atoms with Crippen molar-refractivity contribution in [3.05, 3.63) is 29.1 Å². The van der Waals surface area contributed by atoms with E-state index in [1.807, 2.05) is 0 Å². The van der Waals surface area contributed by atoms with Crippen molar-refractivity contribution in [1.29, 1.82) is 0 Å². The number of phenolic OH excluding ortho intramolecular Hbond substituents is 1. The maximum Gasteiger partial charge on any atom is 0.235 e. The number of aliphatic imine (C=N–C) groups is 1. The number of hydrogen-bond acceptors (Lipinski definition) is 3. The van der Waals surface area contributed by atoms with E-state index in [1.165, 1.54) is 12.1 Å². The van der Waals surface area contributed by atoms with Crippen molar-refractivity contribution in [3.63, 3.8) is 0 Å². The predicted octanol–water partition coefficient (Wildman–Crippen LogP) is 2.55. The first-order valence-electron chi connectivity index (χ1n) is 5.18. The third-order valence-corrected chi connectivity index (χ3v) is 3.15. The molecular weight excluding hydrogens is 209 g/mol. The van der Waals surface area contributed by atoms with Crippen LogP contribution in [0.1, 0.15) is 30.4 Å². The monoisotopic (exact) mass is 221 g/mol. The first-order chi connectivity index (χ1) is 7.59. The predicted molar refractivity (Wildman–Crippen MR) is 56.5 cm³/mol. The molecular formula is C12H12FNO2. The van der Waals surface area contributed by atoms with Crippen LogP contribution in [0.25, 0.3) is 0 Å². The number of phenols is 1. The number of benzene rings is 1. The van der Waals surface area contributed by atoms with E-state index >= 15 is 0 Å². The van der Waals surface area contributed by atoms with E-state index < -0.39 is 17.1 Å². The fraction of sp³-hybridized carbons (Fsp3) is 0.417. The lowest BCUT2D eigenvalue weighted by Crippen LogP contribution is -2.32. The lowest BCUT2D eigenvalue weighted by atomic mass is 9.71. The van der Waals surface area contributed by atoms with Crippen LogP contribution in [0.15, 0.2) is 17.1 Å². The van der Waals surface area contributed by atoms with Gasteiger partial charge in [-0.25, -0.2) is 9.18 Å². The van der Waals surface area contributed by atoms with Crippen molar-refractivity contribution in [1.82, 2.24) is 0 Å². The highest BCUT2D eigenvalue weighted by Gasteiger charge is 2.41. The molecule has 3 nitrogen and oxygen atoms in total. The average Bonchev–Trinajstić information content (AvgIpc) is 2.17. The highest BCUT2D eigenvalue weighted by atomic mass is 19.1. The summed E-state index contributed by atoms with van der Waals surface area (Å²) in [5.41, 5.74) is 0.357. The Morgan fingerprint density at radius 3 is 2.69 bits per heavy atom. The van der Waals surface area contributed by atoms with Crippen LogP contribution in [0.2, 0.25) is 0 Å². The van der Waals surface area contributed by atoms with Crippen molar-refractivity contribution in [2.45, 2.75) is 31.7 Å². The zero-order valence-electron chi connectivity index (χ0n) is 8.96. The molecule has 0 aliphatic heterocycles. The normalized spacial score (nSPS) is 17.4. The number of hydrogen-bond donors (Lipinski definition) is 1. The maximum absolute atomic E-state index is 13.4. The maximum atomic E-state index is 13.4. The number of aryl methyl sites for hydroxylation is 1. The molecule has 4 heteroatoms. The Kier molecular flexibility index (Phi) is 2.52. The standard InChI is InChI=1S/C12H12FNO2/c1-8-5-9(11(16)10(13)6-8)12(14-7-15)3-2-4-12/h5-6,16H,2-4H2,1H3. The fourth-order valence-electron chi connectivity index (χ4n) is 2.13. The summed E-state index contributed by atoms with van der Waals surface area (Å²) in [6.45, 7) is 1.74. The Bertz CT molecular complexity index is 474. The van der Waals surface area contributed by atoms with Crippen LogP contribution >= 0.6 is 0 Å². The van der Waals surface area contributed by atoms with Gasteiger partial charge in [0.25, 0.3) is 0 Å². The zero-order valence-corrected chi connectivity index (χ0v) is 8.96. The third-order valence-electron chi connectivity index (χ3n) is 3.15. The van der Waals surface area contributed by atoms with Crippen molar-refractivity contribution in [3.8, 4) is 5.75 Å². The molecule has 16 heavy (non-hydrogen) atoms. The minimum atomic E-state index is -0.751. The molecule has 0 atom stereocenters. The van der Waals surface area contributed by atoms with Gasteiger partial charge in [0.15, 0.2) is 11.6 Å². The SMILES string of the molecule is Cc1cc(F)c(O)c(C2(N=C=O)CCC2)c1. The molecule has 0 heterocycles. The molecule has 1 aliphatic rings. The van der Waals surface area contributed by atoms with Gasteiger partial charge in [0.1, 0.15) is 5.54 Å². The van der Waals surface area contributed by atoms with Crippen LogP contribution in [0, 0.1) is 12.7 Å². The molecule has 1 aliphatic carbocycles. The highest BCUT2D eigenvalue weighted by Crippen LogP contribution is 2.48. The second kappa shape index (κ2) is 3.72. The molecule has 0 radical (unpaired) electrons. The van der Waals surface area contributed by atoms with Gasteiger partial charge in [-0.15, -0.1) is 0 Å². The van der Waals surface area contributed by atoms with Crippen LogP contribution in [-0.4, -0.2) is 11.2 Å². The lowest BCUT2D eigenvalue weighted by Gasteiger charge is -2.37. The molecule has 1 aromatic carbocycles. The van der Waals surface area contributed by atoms with Crippen LogP contribution in [-0.2, 0) is 10.3 Å². The summed E-state index contributed by atoms with van der Waals surface area (Å²) in [5, 5.41) is 9.68. The smallest absolute Gasteiger partial charge is 0.235 e. The van der Waals surface area contributed by atoms with Gasteiger partial charge in [0, 0.05) is 5.56 Å². The minimum Gasteiger partial charge on any atom is -0.505 e. The van der Waals surface area contributed by atoms with E-state index in [1.54, 1.807) is 13.0 Å². The van der Waals surface area contributed by atoms with Gasteiger partial charge < -0.3 is 5.11 Å². The molecule has 0 saturated heterocycles. The van der Waals surface area contributed by atoms with Gasteiger partial charge in [-0.05, 0) is 43.9 Å². The molecule has 1 saturated carbocycles. The zero-order chi connectivity index (χ0) is 11.8. The second-order valence-corrected chi connectivity index (χ2v) is 4.23. The van der Waals surface area contributed by atoms with E-state index in [4.69, 9.17) is 0 Å². The summed E-state index contributed by atoms with van der Waals surface area (Å²) < 4.78 is 13.4. The molecule has 1 aromatic rings. The highest BCUT2D eigenvalue weighted by molar-refractivity contribution is 5.47. The molecule has 1 fully saturated rings. The molecule has 0 amide bonds. The molecule has 0 aromatic heterocycles. The van der Waals surface area contributed by atoms with Gasteiger partial charge in [-0.1, -0.05) is 0 Å². The summed E-state index contributed by atoms with van der Waals surface area (Å²) in [5.74, 6) is -1.06. The molecule has 0 spiro atoms. The Morgan fingerprint density at radius 1 is 1.50 bits per heavy atom. The Labute approximate surface area is 92.6 Å². The van der Waals surface area contributed by atoms with Gasteiger partial charge in [0.2, 0.25) is 6.08 Å². The number of nitrogens with zero attached hydrogens (tertiary/aromatic N) is 1. The molecule has 0 bridgehead atoms. The number of halogens is 1. The summed E-state index contributed by atoms with van der Waals surface area (Å²) in [6.07, 6.45) is 3.74. The number of aromatic hydroxyl groups is 1. The molecule has 84 valence electrons. The first-order valence-corrected chi connectivity index (χ1v) is 5.18. The van der Waals surface area contributed by atoms with E-state index in [0.717, 1.165) is 6.42 Å². The van der Waals surface area contributed by atoms with Gasteiger partial charge in [0.05, 0.1) is 0 Å². The third kappa shape index (κ3) is 1.51. The first kappa shape index (κ1) is 10.8. The van der Waals surface area contributed by atoms with E-state index in [9.17, 15) is 14.3 Å². The van der Waals surface area contributed by atoms with Crippen LogP contribution in [0.5, 0.6) is 5.75 Å². The van der Waals surface area contributed by atoms with Gasteiger partial charge >= 0.3 is 0 Å². The fourth-order valence-corrected chi connectivity index (χ4v) is 2.13. The van der Waals surface area contributed by atoms with Crippen LogP contribution in [0.4, 0.5) is 4.39 Å². The van der Waals surface area contributed by atoms with Crippen molar-refractivity contribution >= 4 is 6.08 Å². The number of isocyanates is 1. The minimum absolute atomic E-state index is 0.399. The summed E-state index contributed by atoms with van der Waals surface area (Å²) >= 11 is 0. The van der Waals surface area contributed by atoms with Crippen LogP contribution in [0.3, 0.4) is 0 Å². The number of carbonyl (C=O) groups excluding carboxylic acids is 1. The van der Waals surface area contributed by atoms with Gasteiger partial charge in [-0.3, -0.25) is 0 Å². The topological polar surface area (TPSA) is 49.7 Å². The molecule has 1 N–H and O–H groups in total. The van der Waals surface area contributed by atoms with Gasteiger partial charge in [-0.2, -0.15) is 4.99 Å². The van der Waals surface area contributed by atoms with E-state index in [0.29, 0.717) is 24.0 Å². The van der Waals surface area contributed by atoms with E-state index in [-0.39, 0.29) is 0 Å². The second-order valence-electron chi connectivity index (χ2n) is 4.23. The summed E-state index contributed by atoms with van der Waals surface area (Å²) in [7, 11) is 0. The van der Waals surface area contributed by atoms with E-state index in [2.05, 4.69) is 4.99 Å². The quantitative estimate of drug-likeness (QED) is 0.616. The Balaban J connectivity index is 2.58. The summed E-state index contributed by atoms with van der Waals surface area (Å²) in [4.78, 5) is 14.1. The Morgan fingerprint density at radius 2 is 2.19 bits per heavy atom. The van der Waals surface area contributed by atoms with Crippen LogP contribution < -0.4 is 0 Å².